The molecule has 0 bridgehead atoms. The van der Waals surface area contributed by atoms with Gasteiger partial charge in [-0.1, -0.05) is 6.92 Å². The molecule has 3 atom stereocenters. The number of hydrogen-bond donors (Lipinski definition) is 3. The van der Waals surface area contributed by atoms with Crippen LogP contribution in [0.25, 0.3) is 16.8 Å². The van der Waals surface area contributed by atoms with E-state index in [0.717, 1.165) is 11.3 Å². The smallest absolute Gasteiger partial charge is 0.136 e. The molecular weight excluding hydrogens is 518 g/mol. The number of nitrogens with two attached hydrogens (primary N) is 1. The van der Waals surface area contributed by atoms with Gasteiger partial charge >= 0.3 is 0 Å². The summed E-state index contributed by atoms with van der Waals surface area (Å²) in [5.41, 5.74) is 7.42. The van der Waals surface area contributed by atoms with Gasteiger partial charge in [0.1, 0.15) is 17.5 Å². The van der Waals surface area contributed by atoms with Crippen molar-refractivity contribution in [1.82, 2.24) is 19.6 Å². The number of ether oxygens (including phenoxy) is 1. The van der Waals surface area contributed by atoms with E-state index in [1.165, 1.54) is 12.1 Å². The molecule has 2 aliphatic heterocycles. The predicted molar refractivity (Wildman–Crippen MR) is 145 cm³/mol. The van der Waals surface area contributed by atoms with Gasteiger partial charge < -0.3 is 25.6 Å². The molecule has 2 fully saturated rings. The Kier molecular flexibility index (Phi) is 6.99. The van der Waals surface area contributed by atoms with Gasteiger partial charge in [0, 0.05) is 81.2 Å². The molecule has 0 saturated carbocycles. The number of imidazole rings is 1. The normalized spacial score (nSPS) is 23.1. The minimum Gasteiger partial charge on any atom is -0.391 e. The van der Waals surface area contributed by atoms with Gasteiger partial charge in [0.15, 0.2) is 0 Å². The molecule has 1 aromatic carbocycles. The van der Waals surface area contributed by atoms with Gasteiger partial charge in [0.2, 0.25) is 0 Å². The first kappa shape index (κ1) is 26.7. The lowest BCUT2D eigenvalue weighted by Gasteiger charge is -2.40. The van der Waals surface area contributed by atoms with Gasteiger partial charge in [-0.2, -0.15) is 5.10 Å². The van der Waals surface area contributed by atoms with E-state index in [4.69, 9.17) is 10.5 Å². The number of benzene rings is 1. The van der Waals surface area contributed by atoms with Gasteiger partial charge in [-0.3, -0.25) is 4.98 Å². The first-order chi connectivity index (χ1) is 19.2. The Labute approximate surface area is 230 Å². The third kappa shape index (κ3) is 4.83. The zero-order valence-electron chi connectivity index (χ0n) is 22.2. The quantitative estimate of drug-likeness (QED) is 0.347. The second kappa shape index (κ2) is 10.5. The number of nitrogens with zero attached hydrogens (tertiary/aromatic N) is 5. The van der Waals surface area contributed by atoms with Crippen LogP contribution in [0.1, 0.15) is 36.7 Å². The average Bonchev–Trinajstić information content (AvgIpc) is 3.33. The highest BCUT2D eigenvalue weighted by Crippen LogP contribution is 2.36. The van der Waals surface area contributed by atoms with Crippen molar-refractivity contribution in [2.24, 2.45) is 11.7 Å². The molecule has 2 saturated heterocycles. The van der Waals surface area contributed by atoms with E-state index >= 15 is 8.78 Å². The molecule has 11 heteroatoms. The largest absolute Gasteiger partial charge is 0.391 e. The minimum absolute atomic E-state index is 0.00425. The molecule has 0 amide bonds. The average molecular weight is 551 g/mol. The van der Waals surface area contributed by atoms with E-state index in [1.54, 1.807) is 35.2 Å². The minimum atomic E-state index is -1.33. The van der Waals surface area contributed by atoms with Crippen LogP contribution in [0.3, 0.4) is 0 Å². The highest BCUT2D eigenvalue weighted by molar-refractivity contribution is 5.64. The molecule has 4 aromatic rings. The molecule has 0 unspecified atom stereocenters. The zero-order chi connectivity index (χ0) is 28.0. The topological polar surface area (TPSA) is 122 Å². The Balaban J connectivity index is 1.33. The fourth-order valence-corrected chi connectivity index (χ4v) is 5.82. The van der Waals surface area contributed by atoms with E-state index in [1.807, 2.05) is 13.0 Å². The van der Waals surface area contributed by atoms with Crippen molar-refractivity contribution in [2.45, 2.75) is 43.9 Å². The maximum absolute atomic E-state index is 15.4. The maximum Gasteiger partial charge on any atom is 0.136 e. The maximum atomic E-state index is 15.4. The third-order valence-electron chi connectivity index (χ3n) is 8.14. The molecular formula is C29H32F2N6O3. The lowest BCUT2D eigenvalue weighted by molar-refractivity contribution is -0.0682. The second-order valence-corrected chi connectivity index (χ2v) is 10.9. The lowest BCUT2D eigenvalue weighted by atomic mass is 9.85. The number of aliphatic hydroxyl groups excluding tert-OH is 1. The summed E-state index contributed by atoms with van der Waals surface area (Å²) in [4.78, 5) is 11.0. The summed E-state index contributed by atoms with van der Waals surface area (Å²) >= 11 is 0. The first-order valence-corrected chi connectivity index (χ1v) is 13.5. The fourth-order valence-electron chi connectivity index (χ4n) is 5.82. The van der Waals surface area contributed by atoms with E-state index in [0.29, 0.717) is 44.1 Å². The first-order valence-electron chi connectivity index (χ1n) is 13.5. The molecule has 0 aliphatic carbocycles. The van der Waals surface area contributed by atoms with E-state index in [9.17, 15) is 10.2 Å². The van der Waals surface area contributed by atoms with Crippen LogP contribution in [-0.4, -0.2) is 68.2 Å². The Hall–Kier alpha value is -3.51. The monoisotopic (exact) mass is 550 g/mol. The molecule has 0 radical (unpaired) electrons. The Morgan fingerprint density at radius 1 is 1.10 bits per heavy atom. The van der Waals surface area contributed by atoms with Crippen LogP contribution in [-0.2, 0) is 16.8 Å². The number of aliphatic hydroxyl groups is 2. The Morgan fingerprint density at radius 3 is 2.58 bits per heavy atom. The fraction of sp³-hybridized carbons (Fsp3) is 0.414. The van der Waals surface area contributed by atoms with Crippen molar-refractivity contribution in [3.8, 4) is 11.3 Å². The highest BCUT2D eigenvalue weighted by Gasteiger charge is 2.34. The Morgan fingerprint density at radius 2 is 1.85 bits per heavy atom. The molecule has 40 heavy (non-hydrogen) atoms. The zero-order valence-corrected chi connectivity index (χ0v) is 22.2. The number of pyridine rings is 1. The standard InChI is InChI=1S/C29H32F2N6O3/c1-17-15-36(16-23(32)28(17)38)25-4-7-33-13-18(25)10-26-34-14-20-2-3-24(35-37(20)26)27-21(30)11-19(12-22(27)31)29(39)5-8-40-9-6-29/h2-4,7,11-14,17,23,28,38-39H,5-6,8-10,15-16,32H2,1H3/t17-,23+,28+/m0/s1. The summed E-state index contributed by atoms with van der Waals surface area (Å²) in [6.07, 6.45) is 5.49. The van der Waals surface area contributed by atoms with Crippen molar-refractivity contribution < 1.29 is 23.7 Å². The van der Waals surface area contributed by atoms with Gasteiger partial charge in [0.25, 0.3) is 0 Å². The molecule has 6 rings (SSSR count). The number of halogens is 2. The van der Waals surface area contributed by atoms with Crippen molar-refractivity contribution in [3.05, 3.63) is 77.5 Å². The predicted octanol–water partition coefficient (Wildman–Crippen LogP) is 2.80. The molecule has 9 nitrogen and oxygen atoms in total. The van der Waals surface area contributed by atoms with Crippen LogP contribution in [0.15, 0.2) is 48.9 Å². The van der Waals surface area contributed by atoms with E-state index in [2.05, 4.69) is 20.0 Å². The lowest BCUT2D eigenvalue weighted by Crippen LogP contribution is -2.55. The number of hydrogen-bond acceptors (Lipinski definition) is 8. The number of rotatable bonds is 5. The van der Waals surface area contributed by atoms with Crippen molar-refractivity contribution in [3.63, 3.8) is 0 Å². The SMILES string of the molecule is C[C@H]1CN(c2ccncc2Cc2ncc3ccc(-c4c(F)cc(C5(O)CCOCC5)cc4F)nn23)C[C@@H](N)[C@@H]1O. The summed E-state index contributed by atoms with van der Waals surface area (Å²) in [6.45, 7) is 3.78. The van der Waals surface area contributed by atoms with Gasteiger partial charge in [0.05, 0.1) is 34.7 Å². The number of fused-ring (bicyclic) bond motifs is 1. The molecule has 210 valence electrons. The summed E-state index contributed by atoms with van der Waals surface area (Å²) in [7, 11) is 0. The van der Waals surface area contributed by atoms with Crippen LogP contribution >= 0.6 is 0 Å². The number of anilines is 1. The number of piperidine rings is 1. The van der Waals surface area contributed by atoms with Gasteiger partial charge in [-0.25, -0.2) is 18.3 Å². The Bertz CT molecular complexity index is 1500. The second-order valence-electron chi connectivity index (χ2n) is 10.9. The van der Waals surface area contributed by atoms with Gasteiger partial charge in [-0.05, 0) is 35.9 Å². The molecule has 0 spiro atoms. The van der Waals surface area contributed by atoms with Crippen molar-refractivity contribution in [1.29, 1.82) is 0 Å². The van der Waals surface area contributed by atoms with Crippen molar-refractivity contribution in [2.75, 3.05) is 31.2 Å². The third-order valence-corrected chi connectivity index (χ3v) is 8.14. The summed E-state index contributed by atoms with van der Waals surface area (Å²) in [5.74, 6) is -1.01. The van der Waals surface area contributed by atoms with E-state index in [-0.39, 0.29) is 41.6 Å². The van der Waals surface area contributed by atoms with Gasteiger partial charge in [-0.15, -0.1) is 0 Å². The van der Waals surface area contributed by atoms with Crippen molar-refractivity contribution >= 4 is 11.2 Å². The molecule has 5 heterocycles. The van der Waals surface area contributed by atoms with E-state index < -0.39 is 23.3 Å². The highest BCUT2D eigenvalue weighted by atomic mass is 19.1. The summed E-state index contributed by atoms with van der Waals surface area (Å²) in [6, 6.07) is 7.20. The van der Waals surface area contributed by atoms with Crippen LogP contribution in [0.2, 0.25) is 0 Å². The molecule has 3 aromatic heterocycles. The molecule has 4 N–H and O–H groups in total. The van der Waals surface area contributed by atoms with Crippen LogP contribution in [0.4, 0.5) is 14.5 Å². The van der Waals surface area contributed by atoms with Crippen LogP contribution < -0.4 is 10.6 Å². The summed E-state index contributed by atoms with van der Waals surface area (Å²) < 4.78 is 37.6. The molecule has 2 aliphatic rings. The summed E-state index contributed by atoms with van der Waals surface area (Å²) in [5, 5.41) is 25.8. The van der Waals surface area contributed by atoms with Crippen LogP contribution in [0.5, 0.6) is 0 Å². The van der Waals surface area contributed by atoms with Crippen LogP contribution in [0, 0.1) is 17.6 Å². The number of aromatic nitrogens is 4.